The van der Waals surface area contributed by atoms with Crippen LogP contribution >= 0.6 is 11.6 Å². The zero-order valence-electron chi connectivity index (χ0n) is 10.9. The SMILES string of the molecule is N/C(=N/O)c1ccccc1NC(=O)Nc1ccc(Cl)cc1. The number of amides is 2. The zero-order valence-corrected chi connectivity index (χ0v) is 11.6. The van der Waals surface area contributed by atoms with Gasteiger partial charge in [-0.15, -0.1) is 0 Å². The van der Waals surface area contributed by atoms with Gasteiger partial charge in [0.2, 0.25) is 0 Å². The fraction of sp³-hybridized carbons (Fsp3) is 0. The van der Waals surface area contributed by atoms with Crippen LogP contribution in [-0.4, -0.2) is 17.1 Å². The third kappa shape index (κ3) is 3.87. The number of benzene rings is 2. The van der Waals surface area contributed by atoms with Gasteiger partial charge in [0.25, 0.3) is 0 Å². The maximum Gasteiger partial charge on any atom is 0.323 e. The summed E-state index contributed by atoms with van der Waals surface area (Å²) in [5.41, 5.74) is 7.00. The van der Waals surface area contributed by atoms with Crippen LogP contribution in [0.4, 0.5) is 16.2 Å². The van der Waals surface area contributed by atoms with E-state index in [1.165, 1.54) is 0 Å². The van der Waals surface area contributed by atoms with Crippen LogP contribution in [0, 0.1) is 0 Å². The van der Waals surface area contributed by atoms with Crippen molar-refractivity contribution in [3.63, 3.8) is 0 Å². The Morgan fingerprint density at radius 1 is 1.10 bits per heavy atom. The Bertz CT molecular complexity index is 671. The molecule has 0 aliphatic heterocycles. The van der Waals surface area contributed by atoms with E-state index in [-0.39, 0.29) is 5.84 Å². The molecular formula is C14H13ClN4O2. The van der Waals surface area contributed by atoms with Crippen LogP contribution in [0.15, 0.2) is 53.7 Å². The first-order valence-corrected chi connectivity index (χ1v) is 6.38. The summed E-state index contributed by atoms with van der Waals surface area (Å²) in [5.74, 6) is -0.0857. The lowest BCUT2D eigenvalue weighted by atomic mass is 10.1. The molecule has 0 bridgehead atoms. The summed E-state index contributed by atoms with van der Waals surface area (Å²) >= 11 is 5.77. The maximum atomic E-state index is 11.9. The normalized spacial score (nSPS) is 11.0. The molecular weight excluding hydrogens is 292 g/mol. The van der Waals surface area contributed by atoms with Crippen molar-refractivity contribution in [2.75, 3.05) is 10.6 Å². The minimum atomic E-state index is -0.449. The van der Waals surface area contributed by atoms with Crippen molar-refractivity contribution in [3.05, 3.63) is 59.1 Å². The Balaban J connectivity index is 2.11. The number of urea groups is 1. The van der Waals surface area contributed by atoms with Crippen LogP contribution in [-0.2, 0) is 0 Å². The van der Waals surface area contributed by atoms with Gasteiger partial charge in [-0.05, 0) is 36.4 Å². The first-order valence-electron chi connectivity index (χ1n) is 6.00. The summed E-state index contributed by atoms with van der Waals surface area (Å²) in [5, 5.41) is 17.5. The zero-order chi connectivity index (χ0) is 15.2. The van der Waals surface area contributed by atoms with E-state index >= 15 is 0 Å². The van der Waals surface area contributed by atoms with Crippen LogP contribution in [0.2, 0.25) is 5.02 Å². The van der Waals surface area contributed by atoms with E-state index in [9.17, 15) is 4.79 Å². The van der Waals surface area contributed by atoms with Crippen molar-refractivity contribution in [1.82, 2.24) is 0 Å². The molecule has 2 aromatic carbocycles. The van der Waals surface area contributed by atoms with E-state index < -0.39 is 6.03 Å². The predicted octanol–water partition coefficient (Wildman–Crippen LogP) is 3.08. The average Bonchev–Trinajstić information content (AvgIpc) is 2.49. The number of anilines is 2. The Morgan fingerprint density at radius 3 is 2.43 bits per heavy atom. The monoisotopic (exact) mass is 304 g/mol. The quantitative estimate of drug-likeness (QED) is 0.303. The number of rotatable bonds is 3. The van der Waals surface area contributed by atoms with Crippen LogP contribution in [0.3, 0.4) is 0 Å². The average molecular weight is 305 g/mol. The first kappa shape index (κ1) is 14.7. The van der Waals surface area contributed by atoms with E-state index in [0.717, 1.165) is 0 Å². The molecule has 0 heterocycles. The third-order valence-electron chi connectivity index (χ3n) is 2.66. The van der Waals surface area contributed by atoms with Gasteiger partial charge < -0.3 is 21.6 Å². The lowest BCUT2D eigenvalue weighted by molar-refractivity contribution is 0.262. The van der Waals surface area contributed by atoms with Crippen molar-refractivity contribution in [3.8, 4) is 0 Å². The summed E-state index contributed by atoms with van der Waals surface area (Å²) in [6, 6.07) is 13.0. The largest absolute Gasteiger partial charge is 0.409 e. The molecule has 2 aromatic rings. The van der Waals surface area contributed by atoms with Gasteiger partial charge in [0, 0.05) is 16.3 Å². The fourth-order valence-corrected chi connectivity index (χ4v) is 1.81. The van der Waals surface area contributed by atoms with Gasteiger partial charge in [-0.3, -0.25) is 0 Å². The Hall–Kier alpha value is -2.73. The summed E-state index contributed by atoms with van der Waals surface area (Å²) in [6.45, 7) is 0. The summed E-state index contributed by atoms with van der Waals surface area (Å²) in [6.07, 6.45) is 0. The van der Waals surface area contributed by atoms with Gasteiger partial charge >= 0.3 is 6.03 Å². The first-order chi connectivity index (χ1) is 10.1. The maximum absolute atomic E-state index is 11.9. The van der Waals surface area contributed by atoms with Crippen molar-refractivity contribution < 1.29 is 10.0 Å². The molecule has 0 atom stereocenters. The van der Waals surface area contributed by atoms with E-state index in [4.69, 9.17) is 22.5 Å². The molecule has 21 heavy (non-hydrogen) atoms. The van der Waals surface area contributed by atoms with Crippen LogP contribution in [0.1, 0.15) is 5.56 Å². The molecule has 0 fully saturated rings. The molecule has 0 aromatic heterocycles. The molecule has 108 valence electrons. The van der Waals surface area contributed by atoms with Gasteiger partial charge in [0.05, 0.1) is 5.69 Å². The fourth-order valence-electron chi connectivity index (χ4n) is 1.69. The number of amidine groups is 1. The Labute approximate surface area is 126 Å². The van der Waals surface area contributed by atoms with Gasteiger partial charge in [0.1, 0.15) is 0 Å². The molecule has 7 heteroatoms. The number of hydrogen-bond donors (Lipinski definition) is 4. The van der Waals surface area contributed by atoms with Crippen LogP contribution in [0.25, 0.3) is 0 Å². The van der Waals surface area contributed by atoms with E-state index in [1.54, 1.807) is 48.5 Å². The molecule has 5 N–H and O–H groups in total. The highest BCUT2D eigenvalue weighted by Crippen LogP contribution is 2.16. The molecule has 2 rings (SSSR count). The van der Waals surface area contributed by atoms with E-state index in [2.05, 4.69) is 15.8 Å². The number of nitrogens with two attached hydrogens (primary N) is 1. The van der Waals surface area contributed by atoms with Gasteiger partial charge in [-0.2, -0.15) is 0 Å². The second-order valence-corrected chi connectivity index (χ2v) is 4.55. The number of hydrogen-bond acceptors (Lipinski definition) is 3. The highest BCUT2D eigenvalue weighted by atomic mass is 35.5. The number of carbonyl (C=O) groups is 1. The number of nitrogens with zero attached hydrogens (tertiary/aromatic N) is 1. The smallest absolute Gasteiger partial charge is 0.323 e. The van der Waals surface area contributed by atoms with E-state index in [0.29, 0.717) is 22.0 Å². The number of carbonyl (C=O) groups excluding carboxylic acids is 1. The van der Waals surface area contributed by atoms with E-state index in [1.807, 2.05) is 0 Å². The number of nitrogens with one attached hydrogen (secondary N) is 2. The summed E-state index contributed by atoms with van der Waals surface area (Å²) in [4.78, 5) is 11.9. The highest BCUT2D eigenvalue weighted by Gasteiger charge is 2.09. The van der Waals surface area contributed by atoms with Crippen LogP contribution < -0.4 is 16.4 Å². The Morgan fingerprint density at radius 2 is 1.76 bits per heavy atom. The second-order valence-electron chi connectivity index (χ2n) is 4.12. The molecule has 0 saturated carbocycles. The molecule has 0 unspecified atom stereocenters. The van der Waals surface area contributed by atoms with Gasteiger partial charge in [-0.25, -0.2) is 4.79 Å². The van der Waals surface area contributed by atoms with Crippen molar-refractivity contribution in [1.29, 1.82) is 0 Å². The van der Waals surface area contributed by atoms with Gasteiger partial charge in [0.15, 0.2) is 5.84 Å². The van der Waals surface area contributed by atoms with Crippen molar-refractivity contribution in [2.45, 2.75) is 0 Å². The minimum absolute atomic E-state index is 0.0857. The van der Waals surface area contributed by atoms with Crippen molar-refractivity contribution in [2.24, 2.45) is 10.9 Å². The van der Waals surface area contributed by atoms with Crippen molar-refractivity contribution >= 4 is 34.8 Å². The van der Waals surface area contributed by atoms with Gasteiger partial charge in [-0.1, -0.05) is 28.9 Å². The molecule has 0 saturated heterocycles. The predicted molar refractivity (Wildman–Crippen MR) is 83.0 cm³/mol. The lowest BCUT2D eigenvalue weighted by Gasteiger charge is -2.11. The second kappa shape index (κ2) is 6.62. The molecule has 0 aliphatic rings. The molecule has 0 spiro atoms. The topological polar surface area (TPSA) is 99.7 Å². The number of para-hydroxylation sites is 1. The molecule has 2 amide bonds. The Kier molecular flexibility index (Phi) is 4.63. The number of oxime groups is 1. The molecule has 6 nitrogen and oxygen atoms in total. The standard InChI is InChI=1S/C14H13ClN4O2/c15-9-5-7-10(8-6-9)17-14(20)18-12-4-2-1-3-11(12)13(16)19-21/h1-8,21H,(H2,16,19)(H2,17,18,20). The molecule has 0 radical (unpaired) electrons. The summed E-state index contributed by atoms with van der Waals surface area (Å²) in [7, 11) is 0. The number of halogens is 1. The minimum Gasteiger partial charge on any atom is -0.409 e. The highest BCUT2D eigenvalue weighted by molar-refractivity contribution is 6.30. The van der Waals surface area contributed by atoms with Crippen LogP contribution in [0.5, 0.6) is 0 Å². The summed E-state index contributed by atoms with van der Waals surface area (Å²) < 4.78 is 0. The third-order valence-corrected chi connectivity index (χ3v) is 2.91. The molecule has 0 aliphatic carbocycles. The lowest BCUT2D eigenvalue weighted by Crippen LogP contribution is -2.22.